The largest absolute Gasteiger partial charge is 0.343 e. The second-order valence-electron chi connectivity index (χ2n) is 5.87. The average molecular weight is 291 g/mol. The molecule has 4 heteroatoms. The van der Waals surface area contributed by atoms with E-state index in [0.717, 1.165) is 38.1 Å². The Morgan fingerprint density at radius 1 is 1.11 bits per heavy atom. The summed E-state index contributed by atoms with van der Waals surface area (Å²) in [6, 6.07) is 0.498. The number of halogens is 1. The molecule has 19 heavy (non-hydrogen) atoms. The van der Waals surface area contributed by atoms with Gasteiger partial charge < -0.3 is 10.6 Å². The molecule has 3 nitrogen and oxygen atoms in total. The zero-order valence-corrected chi connectivity index (χ0v) is 13.4. The van der Waals surface area contributed by atoms with Gasteiger partial charge in [-0.15, -0.1) is 12.4 Å². The predicted molar refractivity (Wildman–Crippen MR) is 83.6 cm³/mol. The number of hydrogen-bond acceptors (Lipinski definition) is 2. The Labute approximate surface area is 124 Å². The molecule has 1 rings (SSSR count). The maximum Gasteiger partial charge on any atom is 0.222 e. The van der Waals surface area contributed by atoms with Crippen LogP contribution in [-0.4, -0.2) is 30.4 Å². The second-order valence-corrected chi connectivity index (χ2v) is 5.87. The fourth-order valence-corrected chi connectivity index (χ4v) is 2.78. The zero-order valence-electron chi connectivity index (χ0n) is 12.6. The van der Waals surface area contributed by atoms with Crippen LogP contribution in [0.25, 0.3) is 0 Å². The first-order chi connectivity index (χ1) is 8.65. The lowest BCUT2D eigenvalue weighted by Crippen LogP contribution is -2.39. The molecule has 1 aliphatic rings. The van der Waals surface area contributed by atoms with E-state index < -0.39 is 0 Å². The summed E-state index contributed by atoms with van der Waals surface area (Å²) in [6.07, 6.45) is 10.1. The van der Waals surface area contributed by atoms with Crippen LogP contribution in [0, 0.1) is 5.92 Å². The van der Waals surface area contributed by atoms with Crippen molar-refractivity contribution in [1.29, 1.82) is 0 Å². The summed E-state index contributed by atoms with van der Waals surface area (Å²) in [4.78, 5) is 14.1. The minimum Gasteiger partial charge on any atom is -0.343 e. The summed E-state index contributed by atoms with van der Waals surface area (Å²) < 4.78 is 0. The number of nitrogens with two attached hydrogens (primary N) is 1. The van der Waals surface area contributed by atoms with E-state index in [1.807, 2.05) is 11.9 Å². The van der Waals surface area contributed by atoms with Gasteiger partial charge in [0.25, 0.3) is 0 Å². The average Bonchev–Trinajstić information content (AvgIpc) is 2.38. The minimum absolute atomic E-state index is 0. The van der Waals surface area contributed by atoms with Crippen molar-refractivity contribution in [3.8, 4) is 0 Å². The van der Waals surface area contributed by atoms with Gasteiger partial charge in [-0.25, -0.2) is 0 Å². The van der Waals surface area contributed by atoms with Crippen LogP contribution in [-0.2, 0) is 4.79 Å². The Bertz CT molecular complexity index is 240. The summed E-state index contributed by atoms with van der Waals surface area (Å²) in [5.74, 6) is 1.18. The first-order valence-corrected chi connectivity index (χ1v) is 7.61. The van der Waals surface area contributed by atoms with E-state index in [2.05, 4.69) is 6.92 Å². The number of unbranched alkanes of at least 4 members (excludes halogenated alkanes) is 3. The smallest absolute Gasteiger partial charge is 0.222 e. The van der Waals surface area contributed by atoms with E-state index in [1.54, 1.807) is 0 Å². The van der Waals surface area contributed by atoms with Crippen LogP contribution in [0.5, 0.6) is 0 Å². The lowest BCUT2D eigenvalue weighted by molar-refractivity contribution is -0.132. The molecule has 0 atom stereocenters. The van der Waals surface area contributed by atoms with Crippen LogP contribution in [0.3, 0.4) is 0 Å². The van der Waals surface area contributed by atoms with Crippen LogP contribution in [0.1, 0.15) is 64.7 Å². The Balaban J connectivity index is 0.00000324. The Hall–Kier alpha value is -0.280. The van der Waals surface area contributed by atoms with Crippen LogP contribution in [0.15, 0.2) is 0 Å². The SMILES string of the molecule is CC1CCC(N(C)C(=O)CCCCCCN)CC1.Cl. The quantitative estimate of drug-likeness (QED) is 0.731. The van der Waals surface area contributed by atoms with Crippen molar-refractivity contribution < 1.29 is 4.79 Å². The fraction of sp³-hybridized carbons (Fsp3) is 0.933. The molecule has 1 fully saturated rings. The van der Waals surface area contributed by atoms with E-state index >= 15 is 0 Å². The van der Waals surface area contributed by atoms with Crippen LogP contribution < -0.4 is 5.73 Å². The molecule has 114 valence electrons. The van der Waals surface area contributed by atoms with Gasteiger partial charge in [0, 0.05) is 19.5 Å². The van der Waals surface area contributed by atoms with Gasteiger partial charge in [-0.3, -0.25) is 4.79 Å². The fourth-order valence-electron chi connectivity index (χ4n) is 2.78. The van der Waals surface area contributed by atoms with Gasteiger partial charge in [0.1, 0.15) is 0 Å². The van der Waals surface area contributed by atoms with Gasteiger partial charge in [-0.1, -0.05) is 19.8 Å². The summed E-state index contributed by atoms with van der Waals surface area (Å²) in [6.45, 7) is 3.09. The maximum atomic E-state index is 12.1. The number of carbonyl (C=O) groups is 1. The Kier molecular flexibility index (Phi) is 10.3. The first kappa shape index (κ1) is 18.7. The van der Waals surface area contributed by atoms with Crippen LogP contribution in [0.4, 0.5) is 0 Å². The van der Waals surface area contributed by atoms with Crippen molar-refractivity contribution in [1.82, 2.24) is 4.90 Å². The molecule has 1 aliphatic carbocycles. The molecule has 0 aliphatic heterocycles. The minimum atomic E-state index is 0. The van der Waals surface area contributed by atoms with Crippen molar-refractivity contribution in [2.45, 2.75) is 70.8 Å². The molecule has 1 saturated carbocycles. The standard InChI is InChI=1S/C15H30N2O.ClH/c1-13-8-10-14(11-9-13)17(2)15(18)7-5-3-4-6-12-16;/h13-14H,3-12,16H2,1-2H3;1H. The summed E-state index contributed by atoms with van der Waals surface area (Å²) >= 11 is 0. The Morgan fingerprint density at radius 3 is 2.26 bits per heavy atom. The lowest BCUT2D eigenvalue weighted by atomic mass is 9.86. The number of hydrogen-bond donors (Lipinski definition) is 1. The number of amides is 1. The third-order valence-corrected chi connectivity index (χ3v) is 4.27. The molecule has 0 saturated heterocycles. The number of carbonyl (C=O) groups excluding carboxylic acids is 1. The molecule has 0 aromatic heterocycles. The molecule has 0 radical (unpaired) electrons. The van der Waals surface area contributed by atoms with E-state index in [-0.39, 0.29) is 12.4 Å². The molecular weight excluding hydrogens is 260 g/mol. The second kappa shape index (κ2) is 10.5. The van der Waals surface area contributed by atoms with Gasteiger partial charge in [0.2, 0.25) is 5.91 Å². The number of nitrogens with zero attached hydrogens (tertiary/aromatic N) is 1. The Morgan fingerprint density at radius 2 is 1.68 bits per heavy atom. The molecule has 0 heterocycles. The molecule has 0 bridgehead atoms. The maximum absolute atomic E-state index is 12.1. The molecule has 0 unspecified atom stereocenters. The highest BCUT2D eigenvalue weighted by atomic mass is 35.5. The van der Waals surface area contributed by atoms with Crippen LogP contribution in [0.2, 0.25) is 0 Å². The highest BCUT2D eigenvalue weighted by Crippen LogP contribution is 2.26. The molecule has 0 spiro atoms. The molecule has 0 aromatic rings. The molecule has 1 amide bonds. The predicted octanol–water partition coefficient (Wildman–Crippen LogP) is 3.35. The molecular formula is C15H31ClN2O. The summed E-state index contributed by atoms with van der Waals surface area (Å²) in [5.41, 5.74) is 5.45. The highest BCUT2D eigenvalue weighted by molar-refractivity contribution is 5.85. The van der Waals surface area contributed by atoms with Crippen molar-refractivity contribution >= 4 is 18.3 Å². The van der Waals surface area contributed by atoms with Crippen molar-refractivity contribution in [2.75, 3.05) is 13.6 Å². The topological polar surface area (TPSA) is 46.3 Å². The third kappa shape index (κ3) is 7.17. The van der Waals surface area contributed by atoms with Gasteiger partial charge >= 0.3 is 0 Å². The lowest BCUT2D eigenvalue weighted by Gasteiger charge is -2.33. The normalized spacial score (nSPS) is 22.7. The van der Waals surface area contributed by atoms with Crippen molar-refractivity contribution in [3.05, 3.63) is 0 Å². The van der Waals surface area contributed by atoms with Crippen LogP contribution >= 0.6 is 12.4 Å². The van der Waals surface area contributed by atoms with E-state index in [0.29, 0.717) is 18.4 Å². The zero-order chi connectivity index (χ0) is 13.4. The molecule has 0 aromatic carbocycles. The third-order valence-electron chi connectivity index (χ3n) is 4.27. The first-order valence-electron chi connectivity index (χ1n) is 7.61. The van der Waals surface area contributed by atoms with E-state index in [1.165, 1.54) is 25.7 Å². The molecule has 2 N–H and O–H groups in total. The van der Waals surface area contributed by atoms with E-state index in [4.69, 9.17) is 5.73 Å². The van der Waals surface area contributed by atoms with Gasteiger partial charge in [0.15, 0.2) is 0 Å². The summed E-state index contributed by atoms with van der Waals surface area (Å²) in [7, 11) is 1.99. The van der Waals surface area contributed by atoms with Gasteiger partial charge in [-0.2, -0.15) is 0 Å². The highest BCUT2D eigenvalue weighted by Gasteiger charge is 2.24. The van der Waals surface area contributed by atoms with Gasteiger partial charge in [0.05, 0.1) is 0 Å². The summed E-state index contributed by atoms with van der Waals surface area (Å²) in [5, 5.41) is 0. The number of rotatable bonds is 7. The monoisotopic (exact) mass is 290 g/mol. The van der Waals surface area contributed by atoms with Gasteiger partial charge in [-0.05, 0) is 51.0 Å². The van der Waals surface area contributed by atoms with E-state index in [9.17, 15) is 4.79 Å². The van der Waals surface area contributed by atoms with Crippen molar-refractivity contribution in [3.63, 3.8) is 0 Å². The van der Waals surface area contributed by atoms with Crippen molar-refractivity contribution in [2.24, 2.45) is 11.7 Å².